The number of thiophene rings is 1. The van der Waals surface area contributed by atoms with Gasteiger partial charge in [-0.2, -0.15) is 0 Å². The number of primary amides is 1. The van der Waals surface area contributed by atoms with Crippen LogP contribution in [0.5, 0.6) is 0 Å². The zero-order valence-electron chi connectivity index (χ0n) is 18.8. The van der Waals surface area contributed by atoms with Crippen LogP contribution >= 0.6 is 11.3 Å². The molecular formula is C23H29FN4O3S2. The maximum Gasteiger partial charge on any atom is 0.250 e. The van der Waals surface area contributed by atoms with E-state index >= 15 is 0 Å². The highest BCUT2D eigenvalue weighted by Crippen LogP contribution is 2.38. The number of benzene rings is 1. The molecule has 3 N–H and O–H groups in total. The summed E-state index contributed by atoms with van der Waals surface area (Å²) in [6, 6.07) is 5.89. The van der Waals surface area contributed by atoms with Gasteiger partial charge < -0.3 is 10.7 Å². The normalized spacial score (nSPS) is 16.1. The topological polar surface area (TPSA) is 99.5 Å². The monoisotopic (exact) mass is 492 g/mol. The molecule has 0 saturated carbocycles. The Morgan fingerprint density at radius 3 is 2.64 bits per heavy atom. The van der Waals surface area contributed by atoms with Crippen LogP contribution in [0.2, 0.25) is 0 Å². The maximum absolute atomic E-state index is 13.1. The number of nitrogens with zero attached hydrogens (tertiary/aromatic N) is 2. The summed E-state index contributed by atoms with van der Waals surface area (Å²) in [5.41, 5.74) is 9.78. The molecule has 10 heteroatoms. The molecule has 1 aromatic carbocycles. The first-order chi connectivity index (χ1) is 15.7. The number of sulfonamides is 1. The van der Waals surface area contributed by atoms with Crippen molar-refractivity contribution in [3.8, 4) is 11.1 Å². The van der Waals surface area contributed by atoms with Crippen LogP contribution < -0.4 is 5.73 Å². The summed E-state index contributed by atoms with van der Waals surface area (Å²) < 4.78 is 39.1. The predicted molar refractivity (Wildman–Crippen MR) is 131 cm³/mol. The van der Waals surface area contributed by atoms with Crippen LogP contribution in [0, 0.1) is 0 Å². The number of likely N-dealkylation sites (N-methyl/N-ethyl adjacent to an activating group) is 1. The van der Waals surface area contributed by atoms with Gasteiger partial charge in [0.25, 0.3) is 5.91 Å². The van der Waals surface area contributed by atoms with E-state index in [0.29, 0.717) is 42.3 Å². The third kappa shape index (κ3) is 4.98. The molecule has 178 valence electrons. The van der Waals surface area contributed by atoms with E-state index in [-0.39, 0.29) is 11.7 Å². The standard InChI is InChI=1S/C23H29FN4O3S2/c1-3-33(30,31)28-8-4-15(5-9-28)21-13-26-22-19(21)11-16(12-20(22)23(25)29)17-10-18(32-14-17)6-7-27(2)24/h10-15,26H,3-9H2,1-2H3,(H2,25,29). The lowest BCUT2D eigenvalue weighted by Crippen LogP contribution is -2.38. The largest absolute Gasteiger partial charge is 0.366 e. The SMILES string of the molecule is CCS(=O)(=O)N1CCC(c2c[nH]c3c(C(N)=O)cc(-c4csc(CCN(C)F)c4)cc23)CC1. The first-order valence-corrected chi connectivity index (χ1v) is 13.6. The average Bonchev–Trinajstić information content (AvgIpc) is 3.44. The molecule has 7 nitrogen and oxygen atoms in total. The van der Waals surface area contributed by atoms with Crippen molar-refractivity contribution < 1.29 is 17.7 Å². The van der Waals surface area contributed by atoms with Crippen molar-refractivity contribution in [1.29, 1.82) is 0 Å². The first-order valence-electron chi connectivity index (χ1n) is 11.1. The molecule has 1 aliphatic rings. The second-order valence-electron chi connectivity index (χ2n) is 8.51. The summed E-state index contributed by atoms with van der Waals surface area (Å²) in [4.78, 5) is 16.5. The predicted octanol–water partition coefficient (Wildman–Crippen LogP) is 3.88. The molecule has 0 aliphatic carbocycles. The molecule has 1 amide bonds. The van der Waals surface area contributed by atoms with Crippen molar-refractivity contribution in [2.24, 2.45) is 5.73 Å². The Bertz CT molecular complexity index is 1260. The maximum atomic E-state index is 13.1. The lowest BCUT2D eigenvalue weighted by atomic mass is 9.88. The third-order valence-electron chi connectivity index (χ3n) is 6.39. The number of aromatic amines is 1. The number of carbonyl (C=O) groups is 1. The fourth-order valence-corrected chi connectivity index (χ4v) is 6.53. The molecule has 33 heavy (non-hydrogen) atoms. The number of amides is 1. The van der Waals surface area contributed by atoms with Gasteiger partial charge in [-0.05, 0) is 72.4 Å². The van der Waals surface area contributed by atoms with Crippen LogP contribution in [0.1, 0.15) is 46.5 Å². The molecule has 0 unspecified atom stereocenters. The summed E-state index contributed by atoms with van der Waals surface area (Å²) in [7, 11) is -1.79. The molecule has 0 bridgehead atoms. The number of H-pyrrole nitrogens is 1. The fourth-order valence-electron chi connectivity index (χ4n) is 4.51. The summed E-state index contributed by atoms with van der Waals surface area (Å²) >= 11 is 1.57. The van der Waals surface area contributed by atoms with Crippen LogP contribution in [0.3, 0.4) is 0 Å². The molecule has 2 aromatic heterocycles. The molecule has 1 saturated heterocycles. The summed E-state index contributed by atoms with van der Waals surface area (Å²) in [5, 5.41) is 3.62. The molecule has 1 fully saturated rings. The van der Waals surface area contributed by atoms with Gasteiger partial charge in [-0.15, -0.1) is 20.9 Å². The van der Waals surface area contributed by atoms with Crippen molar-refractivity contribution in [2.75, 3.05) is 32.4 Å². The van der Waals surface area contributed by atoms with E-state index in [4.69, 9.17) is 5.73 Å². The summed E-state index contributed by atoms with van der Waals surface area (Å²) in [5.74, 6) is -0.204. The van der Waals surface area contributed by atoms with Gasteiger partial charge in [0.05, 0.1) is 16.8 Å². The molecule has 0 spiro atoms. The minimum Gasteiger partial charge on any atom is -0.366 e. The van der Waals surface area contributed by atoms with E-state index in [0.717, 1.165) is 39.8 Å². The number of carbonyl (C=O) groups excluding carboxylic acids is 1. The lowest BCUT2D eigenvalue weighted by molar-refractivity contribution is 0.0620. The van der Waals surface area contributed by atoms with Crippen LogP contribution in [0.25, 0.3) is 22.0 Å². The second-order valence-corrected chi connectivity index (χ2v) is 11.8. The van der Waals surface area contributed by atoms with Crippen molar-refractivity contribution in [1.82, 2.24) is 14.4 Å². The zero-order chi connectivity index (χ0) is 23.8. The van der Waals surface area contributed by atoms with E-state index in [2.05, 4.69) is 11.1 Å². The van der Waals surface area contributed by atoms with Crippen molar-refractivity contribution in [3.05, 3.63) is 45.8 Å². The Morgan fingerprint density at radius 1 is 1.27 bits per heavy atom. The Morgan fingerprint density at radius 2 is 2.00 bits per heavy atom. The molecular weight excluding hydrogens is 463 g/mol. The van der Waals surface area contributed by atoms with Crippen molar-refractivity contribution in [3.63, 3.8) is 0 Å². The van der Waals surface area contributed by atoms with Crippen molar-refractivity contribution >= 4 is 38.2 Å². The van der Waals surface area contributed by atoms with E-state index in [1.54, 1.807) is 28.6 Å². The highest BCUT2D eigenvalue weighted by molar-refractivity contribution is 7.89. The molecule has 0 radical (unpaired) electrons. The Kier molecular flexibility index (Phi) is 6.90. The van der Waals surface area contributed by atoms with Gasteiger partial charge in [0, 0.05) is 43.1 Å². The third-order valence-corrected chi connectivity index (χ3v) is 9.27. The molecule has 0 atom stereocenters. The van der Waals surface area contributed by atoms with E-state index < -0.39 is 15.9 Å². The highest BCUT2D eigenvalue weighted by atomic mass is 32.2. The van der Waals surface area contributed by atoms with Gasteiger partial charge in [0.2, 0.25) is 10.0 Å². The number of aromatic nitrogens is 1. The molecule has 3 heterocycles. The Labute approximate surface area is 197 Å². The van der Waals surface area contributed by atoms with Gasteiger partial charge in [0.15, 0.2) is 0 Å². The molecule has 1 aliphatic heterocycles. The number of fused-ring (bicyclic) bond motifs is 1. The minimum atomic E-state index is -3.19. The van der Waals surface area contributed by atoms with Gasteiger partial charge in [0.1, 0.15) is 0 Å². The number of hydrogen-bond donors (Lipinski definition) is 2. The van der Waals surface area contributed by atoms with Crippen molar-refractivity contribution in [2.45, 2.75) is 32.1 Å². The van der Waals surface area contributed by atoms with Crippen LogP contribution in [-0.2, 0) is 16.4 Å². The van der Waals surface area contributed by atoms with Gasteiger partial charge in [-0.1, -0.05) is 0 Å². The van der Waals surface area contributed by atoms with Crippen LogP contribution in [0.15, 0.2) is 29.8 Å². The van der Waals surface area contributed by atoms with E-state index in [1.165, 1.54) is 7.05 Å². The highest BCUT2D eigenvalue weighted by Gasteiger charge is 2.29. The quantitative estimate of drug-likeness (QED) is 0.466. The van der Waals surface area contributed by atoms with E-state index in [9.17, 15) is 17.7 Å². The smallest absolute Gasteiger partial charge is 0.250 e. The summed E-state index contributed by atoms with van der Waals surface area (Å²) in [6.45, 7) is 2.97. The van der Waals surface area contributed by atoms with E-state index in [1.807, 2.05) is 17.6 Å². The number of halogens is 1. The molecule has 4 rings (SSSR count). The minimum absolute atomic E-state index is 0.111. The van der Waals surface area contributed by atoms with Gasteiger partial charge in [-0.3, -0.25) is 4.79 Å². The van der Waals surface area contributed by atoms with Gasteiger partial charge in [-0.25, -0.2) is 12.7 Å². The van der Waals surface area contributed by atoms with Gasteiger partial charge >= 0.3 is 0 Å². The number of nitrogens with one attached hydrogen (secondary N) is 1. The van der Waals surface area contributed by atoms with Crippen LogP contribution in [-0.4, -0.2) is 61.2 Å². The first kappa shape index (κ1) is 23.9. The summed E-state index contributed by atoms with van der Waals surface area (Å²) in [6.07, 6.45) is 3.98. The Balaban J connectivity index is 1.67. The average molecular weight is 493 g/mol. The number of piperidine rings is 1. The number of nitrogens with two attached hydrogens (primary N) is 1. The molecule has 3 aromatic rings. The second kappa shape index (κ2) is 9.54. The zero-order valence-corrected chi connectivity index (χ0v) is 20.4. The Hall–Kier alpha value is -2.27. The number of hydrogen-bond acceptors (Lipinski definition) is 5. The van der Waals surface area contributed by atoms with Crippen LogP contribution in [0.4, 0.5) is 4.48 Å². The fraction of sp³-hybridized carbons (Fsp3) is 0.435. The lowest BCUT2D eigenvalue weighted by Gasteiger charge is -2.31. The number of rotatable bonds is 8.